The van der Waals surface area contributed by atoms with Crippen LogP contribution in [0.3, 0.4) is 0 Å². The van der Waals surface area contributed by atoms with Gasteiger partial charge >= 0.3 is 0 Å². The van der Waals surface area contributed by atoms with E-state index in [1.807, 2.05) is 24.0 Å². The van der Waals surface area contributed by atoms with Crippen molar-refractivity contribution >= 4 is 17.7 Å². The molecule has 1 aromatic carbocycles. The van der Waals surface area contributed by atoms with Crippen LogP contribution in [0, 0.1) is 6.92 Å². The van der Waals surface area contributed by atoms with E-state index in [9.17, 15) is 4.79 Å². The van der Waals surface area contributed by atoms with Crippen molar-refractivity contribution in [2.75, 3.05) is 12.8 Å². The summed E-state index contributed by atoms with van der Waals surface area (Å²) in [4.78, 5) is 14.9. The Bertz CT molecular complexity index is 519. The van der Waals surface area contributed by atoms with Crippen molar-refractivity contribution in [2.24, 2.45) is 0 Å². The molecule has 0 bridgehead atoms. The first kappa shape index (κ1) is 16.4. The Labute approximate surface area is 132 Å². The number of nitrogens with zero attached hydrogens (tertiary/aromatic N) is 1. The van der Waals surface area contributed by atoms with Crippen LogP contribution < -0.4 is 5.32 Å². The Hall–Kier alpha value is -1.00. The van der Waals surface area contributed by atoms with E-state index >= 15 is 0 Å². The summed E-state index contributed by atoms with van der Waals surface area (Å²) >= 11 is 1.80. The van der Waals surface area contributed by atoms with Crippen LogP contribution in [0.4, 0.5) is 0 Å². The van der Waals surface area contributed by atoms with Crippen molar-refractivity contribution in [3.8, 4) is 0 Å². The minimum Gasteiger partial charge on any atom is -0.320 e. The molecule has 1 heterocycles. The van der Waals surface area contributed by atoms with Crippen LogP contribution in [-0.2, 0) is 4.79 Å². The van der Waals surface area contributed by atoms with Gasteiger partial charge in [0, 0.05) is 11.8 Å². The maximum atomic E-state index is 12.9. The van der Waals surface area contributed by atoms with Crippen molar-refractivity contribution in [2.45, 2.75) is 51.1 Å². The molecule has 3 unspecified atom stereocenters. The number of hydrogen-bond donors (Lipinski definition) is 1. The third-order valence-electron chi connectivity index (χ3n) is 4.55. The van der Waals surface area contributed by atoms with Crippen LogP contribution in [0.2, 0.25) is 0 Å². The van der Waals surface area contributed by atoms with E-state index in [1.165, 1.54) is 11.1 Å². The number of amides is 1. The summed E-state index contributed by atoms with van der Waals surface area (Å²) in [6, 6.07) is 8.33. The first-order chi connectivity index (χ1) is 9.92. The molecule has 0 aromatic heterocycles. The monoisotopic (exact) mass is 306 g/mol. The molecule has 116 valence electrons. The SMILES string of the molecule is CCC1(C)NC(c2ccccc2C)N(CC(C)SC)C1=O. The van der Waals surface area contributed by atoms with Gasteiger partial charge in [0.2, 0.25) is 5.91 Å². The maximum absolute atomic E-state index is 12.9. The largest absolute Gasteiger partial charge is 0.320 e. The lowest BCUT2D eigenvalue weighted by Crippen LogP contribution is -2.43. The van der Waals surface area contributed by atoms with Crippen molar-refractivity contribution in [3.63, 3.8) is 0 Å². The summed E-state index contributed by atoms with van der Waals surface area (Å²) in [7, 11) is 0. The molecule has 21 heavy (non-hydrogen) atoms. The lowest BCUT2D eigenvalue weighted by Gasteiger charge is -2.27. The molecular weight excluding hydrogens is 280 g/mol. The number of benzene rings is 1. The summed E-state index contributed by atoms with van der Waals surface area (Å²) in [6.07, 6.45) is 2.89. The smallest absolute Gasteiger partial charge is 0.244 e. The molecule has 2 rings (SSSR count). The minimum atomic E-state index is -0.453. The van der Waals surface area contributed by atoms with Crippen LogP contribution >= 0.6 is 11.8 Å². The van der Waals surface area contributed by atoms with E-state index in [0.29, 0.717) is 5.25 Å². The van der Waals surface area contributed by atoms with Crippen LogP contribution in [0.5, 0.6) is 0 Å². The standard InChI is InChI=1S/C17H26N2OS/c1-6-17(4)16(20)19(11-13(3)21-5)15(18-17)14-10-8-7-9-12(14)2/h7-10,13,15,18H,6,11H2,1-5H3. The molecule has 1 saturated heterocycles. The molecule has 1 aromatic rings. The van der Waals surface area contributed by atoms with Crippen LogP contribution in [0.1, 0.15) is 44.5 Å². The lowest BCUT2D eigenvalue weighted by molar-refractivity contribution is -0.133. The average Bonchev–Trinajstić information content (AvgIpc) is 2.73. The van der Waals surface area contributed by atoms with Gasteiger partial charge < -0.3 is 4.90 Å². The second-order valence-electron chi connectivity index (χ2n) is 6.09. The number of carbonyl (C=O) groups is 1. The topological polar surface area (TPSA) is 32.3 Å². The number of nitrogens with one attached hydrogen (secondary N) is 1. The highest BCUT2D eigenvalue weighted by Gasteiger charge is 2.47. The van der Waals surface area contributed by atoms with Crippen molar-refractivity contribution in [3.05, 3.63) is 35.4 Å². The van der Waals surface area contributed by atoms with Gasteiger partial charge in [-0.2, -0.15) is 11.8 Å². The van der Waals surface area contributed by atoms with Crippen LogP contribution in [-0.4, -0.2) is 34.4 Å². The van der Waals surface area contributed by atoms with E-state index in [2.05, 4.69) is 44.5 Å². The van der Waals surface area contributed by atoms with E-state index in [-0.39, 0.29) is 12.1 Å². The molecule has 0 radical (unpaired) electrons. The maximum Gasteiger partial charge on any atom is 0.244 e. The Morgan fingerprint density at radius 3 is 2.67 bits per heavy atom. The first-order valence-corrected chi connectivity index (χ1v) is 8.88. The van der Waals surface area contributed by atoms with Gasteiger partial charge in [-0.05, 0) is 37.7 Å². The molecular formula is C17H26N2OS. The summed E-state index contributed by atoms with van der Waals surface area (Å²) in [5.74, 6) is 0.221. The van der Waals surface area contributed by atoms with Crippen LogP contribution in [0.15, 0.2) is 24.3 Å². The number of rotatable bonds is 5. The molecule has 3 atom stereocenters. The van der Waals surface area contributed by atoms with E-state index in [0.717, 1.165) is 13.0 Å². The van der Waals surface area contributed by atoms with Crippen molar-refractivity contribution < 1.29 is 4.79 Å². The highest BCUT2D eigenvalue weighted by molar-refractivity contribution is 7.99. The average molecular weight is 306 g/mol. The highest BCUT2D eigenvalue weighted by atomic mass is 32.2. The second kappa shape index (κ2) is 6.41. The molecule has 1 fully saturated rings. The van der Waals surface area contributed by atoms with E-state index in [4.69, 9.17) is 0 Å². The van der Waals surface area contributed by atoms with Crippen LogP contribution in [0.25, 0.3) is 0 Å². The molecule has 0 spiro atoms. The zero-order valence-corrected chi connectivity index (χ0v) is 14.5. The predicted molar refractivity (Wildman–Crippen MR) is 90.4 cm³/mol. The van der Waals surface area contributed by atoms with E-state index < -0.39 is 5.54 Å². The van der Waals surface area contributed by atoms with Gasteiger partial charge in [0.05, 0.1) is 5.54 Å². The third-order valence-corrected chi connectivity index (χ3v) is 5.50. The Morgan fingerprint density at radius 1 is 1.43 bits per heavy atom. The summed E-state index contributed by atoms with van der Waals surface area (Å²) < 4.78 is 0. The summed E-state index contributed by atoms with van der Waals surface area (Å²) in [5.41, 5.74) is 1.98. The number of aryl methyl sites for hydroxylation is 1. The molecule has 1 N–H and O–H groups in total. The fourth-order valence-electron chi connectivity index (χ4n) is 2.81. The first-order valence-electron chi connectivity index (χ1n) is 7.60. The van der Waals surface area contributed by atoms with E-state index in [1.54, 1.807) is 11.8 Å². The summed E-state index contributed by atoms with van der Waals surface area (Å²) in [6.45, 7) is 9.15. The molecule has 1 aliphatic rings. The fraction of sp³-hybridized carbons (Fsp3) is 0.588. The quantitative estimate of drug-likeness (QED) is 0.905. The van der Waals surface area contributed by atoms with Gasteiger partial charge in [0.25, 0.3) is 0 Å². The van der Waals surface area contributed by atoms with Gasteiger partial charge in [0.15, 0.2) is 0 Å². The molecule has 3 nitrogen and oxygen atoms in total. The normalized spacial score (nSPS) is 27.2. The van der Waals surface area contributed by atoms with Crippen molar-refractivity contribution in [1.82, 2.24) is 10.2 Å². The van der Waals surface area contributed by atoms with Gasteiger partial charge in [-0.25, -0.2) is 0 Å². The zero-order valence-electron chi connectivity index (χ0n) is 13.6. The Morgan fingerprint density at radius 2 is 2.10 bits per heavy atom. The predicted octanol–water partition coefficient (Wildman–Crippen LogP) is 3.35. The zero-order chi connectivity index (χ0) is 15.6. The number of thioether (sulfide) groups is 1. The van der Waals surface area contributed by atoms with Gasteiger partial charge in [-0.1, -0.05) is 38.1 Å². The molecule has 1 amide bonds. The van der Waals surface area contributed by atoms with Crippen molar-refractivity contribution in [1.29, 1.82) is 0 Å². The second-order valence-corrected chi connectivity index (χ2v) is 7.37. The van der Waals surface area contributed by atoms with Gasteiger partial charge in [-0.15, -0.1) is 0 Å². The molecule has 0 aliphatic carbocycles. The summed E-state index contributed by atoms with van der Waals surface area (Å²) in [5, 5.41) is 4.00. The number of hydrogen-bond acceptors (Lipinski definition) is 3. The lowest BCUT2D eigenvalue weighted by atomic mass is 9.99. The molecule has 1 aliphatic heterocycles. The van der Waals surface area contributed by atoms with Gasteiger partial charge in [0.1, 0.15) is 6.17 Å². The Kier molecular flexibility index (Phi) is 4.99. The highest BCUT2D eigenvalue weighted by Crippen LogP contribution is 2.34. The molecule has 0 saturated carbocycles. The fourth-order valence-corrected chi connectivity index (χ4v) is 3.12. The Balaban J connectivity index is 2.37. The molecule has 4 heteroatoms. The third kappa shape index (κ3) is 3.11. The minimum absolute atomic E-state index is 0.0155. The number of carbonyl (C=O) groups excluding carboxylic acids is 1. The van der Waals surface area contributed by atoms with Gasteiger partial charge in [-0.3, -0.25) is 10.1 Å².